The number of fused-ring (bicyclic) bond motifs is 2. The molecule has 4 atom stereocenters. The minimum absolute atomic E-state index is 0.0234. The van der Waals surface area contributed by atoms with Crippen molar-refractivity contribution in [3.8, 4) is 6.07 Å². The maximum absolute atomic E-state index is 13.1. The third-order valence-electron chi connectivity index (χ3n) is 7.32. The zero-order chi connectivity index (χ0) is 22.8. The molecule has 1 amide bonds. The highest BCUT2D eigenvalue weighted by atomic mass is 32.2. The van der Waals surface area contributed by atoms with Crippen molar-refractivity contribution in [1.82, 2.24) is 14.9 Å². The molecule has 9 heteroatoms. The molecule has 1 aromatic rings. The normalized spacial score (nSPS) is 30.1. The van der Waals surface area contributed by atoms with Crippen LogP contribution in [-0.2, 0) is 14.8 Å². The first kappa shape index (κ1) is 23.1. The van der Waals surface area contributed by atoms with Gasteiger partial charge in [0, 0.05) is 18.6 Å². The van der Waals surface area contributed by atoms with E-state index in [1.54, 1.807) is 4.90 Å². The number of carbonyl (C=O) groups is 1. The standard InChI is InChI=1S/C23H31FN4O3S/c24-19-5-7-21(8-6-19)32(30,31)27-15-18-11-17-3-1-9-23(12-17,13-18)26-16-22(29)28-10-2-4-20(28)14-25/h5-8,17-18,20,26-27H,1-4,9-13,15-16H2/t17?,18?,20-,23?/m0/s1. The summed E-state index contributed by atoms with van der Waals surface area (Å²) in [5, 5.41) is 12.8. The van der Waals surface area contributed by atoms with Crippen molar-refractivity contribution in [3.63, 3.8) is 0 Å². The minimum atomic E-state index is -3.69. The Morgan fingerprint density at radius 3 is 2.75 bits per heavy atom. The molecule has 1 saturated heterocycles. The van der Waals surface area contributed by atoms with E-state index in [-0.39, 0.29) is 34.8 Å². The number of nitriles is 1. The van der Waals surface area contributed by atoms with Gasteiger partial charge in [-0.15, -0.1) is 0 Å². The molecule has 2 bridgehead atoms. The number of benzene rings is 1. The first-order chi connectivity index (χ1) is 15.3. The molecule has 2 saturated carbocycles. The Morgan fingerprint density at radius 2 is 2.00 bits per heavy atom. The second kappa shape index (κ2) is 9.46. The van der Waals surface area contributed by atoms with Crippen LogP contribution in [0.5, 0.6) is 0 Å². The van der Waals surface area contributed by atoms with Crippen LogP contribution >= 0.6 is 0 Å². The quantitative estimate of drug-likeness (QED) is 0.648. The van der Waals surface area contributed by atoms with Gasteiger partial charge in [-0.05, 0) is 74.6 Å². The van der Waals surface area contributed by atoms with Crippen LogP contribution in [0.25, 0.3) is 0 Å². The van der Waals surface area contributed by atoms with Crippen LogP contribution < -0.4 is 10.0 Å². The highest BCUT2D eigenvalue weighted by Crippen LogP contribution is 2.45. The van der Waals surface area contributed by atoms with Gasteiger partial charge in [0.2, 0.25) is 15.9 Å². The summed E-state index contributed by atoms with van der Waals surface area (Å²) in [5.74, 6) is 0.191. The third kappa shape index (κ3) is 5.13. The van der Waals surface area contributed by atoms with E-state index in [1.165, 1.54) is 12.1 Å². The average Bonchev–Trinajstić information content (AvgIpc) is 3.25. The van der Waals surface area contributed by atoms with Gasteiger partial charge in [-0.25, -0.2) is 17.5 Å². The molecule has 7 nitrogen and oxygen atoms in total. The van der Waals surface area contributed by atoms with Crippen LogP contribution in [0, 0.1) is 29.0 Å². The molecule has 0 spiro atoms. The largest absolute Gasteiger partial charge is 0.326 e. The maximum atomic E-state index is 13.1. The van der Waals surface area contributed by atoms with Gasteiger partial charge in [0.1, 0.15) is 11.9 Å². The van der Waals surface area contributed by atoms with Gasteiger partial charge >= 0.3 is 0 Å². The number of likely N-dealkylation sites (tertiary alicyclic amines) is 1. The Balaban J connectivity index is 1.37. The molecular formula is C23H31FN4O3S. The van der Waals surface area contributed by atoms with Crippen molar-refractivity contribution in [2.75, 3.05) is 19.6 Å². The number of carbonyl (C=O) groups excluding carboxylic acids is 1. The van der Waals surface area contributed by atoms with Gasteiger partial charge in [0.05, 0.1) is 17.5 Å². The van der Waals surface area contributed by atoms with Crippen LogP contribution in [0.1, 0.15) is 51.4 Å². The lowest BCUT2D eigenvalue weighted by Gasteiger charge is -2.49. The van der Waals surface area contributed by atoms with E-state index in [0.29, 0.717) is 19.0 Å². The summed E-state index contributed by atoms with van der Waals surface area (Å²) in [7, 11) is -3.69. The molecule has 3 unspecified atom stereocenters. The van der Waals surface area contributed by atoms with E-state index in [0.717, 1.165) is 63.5 Å². The van der Waals surface area contributed by atoms with Crippen LogP contribution in [0.15, 0.2) is 29.2 Å². The lowest BCUT2D eigenvalue weighted by Crippen LogP contribution is -2.56. The summed E-state index contributed by atoms with van der Waals surface area (Å²) in [5.41, 5.74) is -0.162. The molecular weight excluding hydrogens is 431 g/mol. The number of rotatable bonds is 7. The number of nitrogens with one attached hydrogen (secondary N) is 2. The second-order valence-electron chi connectivity index (χ2n) is 9.58. The van der Waals surface area contributed by atoms with Gasteiger partial charge in [-0.2, -0.15) is 5.26 Å². The van der Waals surface area contributed by atoms with Crippen molar-refractivity contribution in [3.05, 3.63) is 30.1 Å². The third-order valence-corrected chi connectivity index (χ3v) is 8.76. The van der Waals surface area contributed by atoms with Crippen LogP contribution in [0.3, 0.4) is 0 Å². The fourth-order valence-corrected chi connectivity index (χ4v) is 6.97. The smallest absolute Gasteiger partial charge is 0.240 e. The fraction of sp³-hybridized carbons (Fsp3) is 0.652. The topological polar surface area (TPSA) is 102 Å². The Hall–Kier alpha value is -2.02. The van der Waals surface area contributed by atoms with E-state index in [9.17, 15) is 22.9 Å². The van der Waals surface area contributed by atoms with E-state index in [4.69, 9.17) is 0 Å². The van der Waals surface area contributed by atoms with Gasteiger partial charge in [0.25, 0.3) is 0 Å². The molecule has 1 aliphatic heterocycles. The van der Waals surface area contributed by atoms with Crippen LogP contribution in [0.2, 0.25) is 0 Å². The lowest BCUT2D eigenvalue weighted by molar-refractivity contribution is -0.130. The highest BCUT2D eigenvalue weighted by molar-refractivity contribution is 7.89. The first-order valence-electron chi connectivity index (χ1n) is 11.5. The Labute approximate surface area is 189 Å². The molecule has 2 N–H and O–H groups in total. The van der Waals surface area contributed by atoms with Gasteiger partial charge in [-0.1, -0.05) is 12.8 Å². The Kier molecular flexibility index (Phi) is 6.84. The summed E-state index contributed by atoms with van der Waals surface area (Å²) in [4.78, 5) is 14.5. The molecule has 3 fully saturated rings. The fourth-order valence-electron chi connectivity index (χ4n) is 5.86. The van der Waals surface area contributed by atoms with Gasteiger partial charge < -0.3 is 10.2 Å². The van der Waals surface area contributed by atoms with E-state index < -0.39 is 15.8 Å². The highest BCUT2D eigenvalue weighted by Gasteiger charge is 2.43. The van der Waals surface area contributed by atoms with Crippen molar-refractivity contribution >= 4 is 15.9 Å². The number of hydrogen-bond acceptors (Lipinski definition) is 5. The van der Waals surface area contributed by atoms with Gasteiger partial charge in [0.15, 0.2) is 0 Å². The number of amides is 1. The molecule has 0 aromatic heterocycles. The number of halogens is 1. The Morgan fingerprint density at radius 1 is 1.22 bits per heavy atom. The lowest BCUT2D eigenvalue weighted by atomic mass is 9.63. The van der Waals surface area contributed by atoms with Crippen molar-refractivity contribution in [2.45, 2.75) is 67.8 Å². The second-order valence-corrected chi connectivity index (χ2v) is 11.3. The summed E-state index contributed by atoms with van der Waals surface area (Å²) < 4.78 is 41.1. The monoisotopic (exact) mass is 462 g/mol. The van der Waals surface area contributed by atoms with Gasteiger partial charge in [-0.3, -0.25) is 4.79 Å². The predicted octanol–water partition coefficient (Wildman–Crippen LogP) is 2.55. The number of nitrogens with zero attached hydrogens (tertiary/aromatic N) is 2. The summed E-state index contributed by atoms with van der Waals surface area (Å²) in [6, 6.07) is 6.74. The molecule has 174 valence electrons. The first-order valence-corrected chi connectivity index (χ1v) is 13.0. The van der Waals surface area contributed by atoms with Crippen molar-refractivity contribution in [2.24, 2.45) is 11.8 Å². The van der Waals surface area contributed by atoms with Crippen LogP contribution in [-0.4, -0.2) is 50.4 Å². The Bertz CT molecular complexity index is 978. The molecule has 32 heavy (non-hydrogen) atoms. The minimum Gasteiger partial charge on any atom is -0.326 e. The number of sulfonamides is 1. The molecule has 1 heterocycles. The summed E-state index contributed by atoms with van der Waals surface area (Å²) >= 11 is 0. The molecule has 2 aliphatic carbocycles. The van der Waals surface area contributed by atoms with Crippen LogP contribution in [0.4, 0.5) is 4.39 Å². The molecule has 3 aliphatic rings. The van der Waals surface area contributed by atoms with E-state index >= 15 is 0 Å². The summed E-state index contributed by atoms with van der Waals surface area (Å²) in [6.45, 7) is 1.19. The zero-order valence-electron chi connectivity index (χ0n) is 18.2. The van der Waals surface area contributed by atoms with E-state index in [2.05, 4.69) is 16.1 Å². The molecule has 1 aromatic carbocycles. The molecule has 0 radical (unpaired) electrons. The summed E-state index contributed by atoms with van der Waals surface area (Å²) in [6.07, 6.45) is 7.59. The van der Waals surface area contributed by atoms with Crippen molar-refractivity contribution < 1.29 is 17.6 Å². The maximum Gasteiger partial charge on any atom is 0.240 e. The predicted molar refractivity (Wildman–Crippen MR) is 117 cm³/mol. The zero-order valence-corrected chi connectivity index (χ0v) is 19.0. The number of hydrogen-bond donors (Lipinski definition) is 2. The molecule has 4 rings (SSSR count). The van der Waals surface area contributed by atoms with E-state index in [1.807, 2.05) is 0 Å². The SMILES string of the molecule is N#C[C@@H]1CCCN1C(=O)CNC12CCCC(CC(CNS(=O)(=O)c3ccc(F)cc3)C1)C2. The van der Waals surface area contributed by atoms with Crippen molar-refractivity contribution in [1.29, 1.82) is 5.26 Å². The average molecular weight is 463 g/mol.